The third-order valence-electron chi connectivity index (χ3n) is 3.87. The fourth-order valence-electron chi connectivity index (χ4n) is 3.03. The van der Waals surface area contributed by atoms with Crippen molar-refractivity contribution < 1.29 is 0 Å². The maximum Gasteiger partial charge on any atom is 0.0538 e. The Hall–Kier alpha value is -2.28. The number of hydrogen-bond donors (Lipinski definition) is 0. The van der Waals surface area contributed by atoms with Gasteiger partial charge in [0.05, 0.1) is 5.52 Å². The van der Waals surface area contributed by atoms with Gasteiger partial charge in [-0.05, 0) is 31.2 Å². The highest BCUT2D eigenvalue weighted by atomic mass is 15.0. The van der Waals surface area contributed by atoms with Crippen molar-refractivity contribution in [3.05, 3.63) is 71.4 Å². The molecule has 92 valence electrons. The number of aromatic nitrogens is 1. The lowest BCUT2D eigenvalue weighted by molar-refractivity contribution is 1.01. The van der Waals surface area contributed by atoms with Crippen molar-refractivity contribution in [1.82, 2.24) is 4.57 Å². The summed E-state index contributed by atoms with van der Waals surface area (Å²) in [6.45, 7) is 2.16. The molecule has 1 aliphatic carbocycles. The minimum absolute atomic E-state index is 1.03. The molecule has 1 heterocycles. The molecule has 0 unspecified atom stereocenters. The molecule has 0 spiro atoms. The van der Waals surface area contributed by atoms with Crippen molar-refractivity contribution >= 4 is 17.0 Å². The highest BCUT2D eigenvalue weighted by Crippen LogP contribution is 2.34. The lowest BCUT2D eigenvalue weighted by Gasteiger charge is -2.09. The van der Waals surface area contributed by atoms with Gasteiger partial charge in [-0.2, -0.15) is 0 Å². The van der Waals surface area contributed by atoms with Crippen LogP contribution in [0.1, 0.15) is 16.8 Å². The molecule has 0 aliphatic heterocycles. The standard InChI is InChI=1S/C18H15N/c1-13-10-11-18-16(12-13)15-8-5-9-17(15)19(18)14-6-3-2-4-7-14/h2-8,10-12H,9H2,1H3. The molecular weight excluding hydrogens is 230 g/mol. The van der Waals surface area contributed by atoms with Gasteiger partial charge >= 0.3 is 0 Å². The summed E-state index contributed by atoms with van der Waals surface area (Å²) in [5.74, 6) is 0. The average Bonchev–Trinajstić information content (AvgIpc) is 3.00. The predicted octanol–water partition coefficient (Wildman–Crippen LogP) is 4.51. The lowest BCUT2D eigenvalue weighted by Crippen LogP contribution is -1.98. The van der Waals surface area contributed by atoms with Gasteiger partial charge in [-0.25, -0.2) is 0 Å². The molecule has 0 amide bonds. The van der Waals surface area contributed by atoms with Crippen LogP contribution in [-0.2, 0) is 6.42 Å². The third-order valence-corrected chi connectivity index (χ3v) is 3.87. The van der Waals surface area contributed by atoms with E-state index in [-0.39, 0.29) is 0 Å². The molecule has 4 rings (SSSR count). The first-order valence-corrected chi connectivity index (χ1v) is 6.70. The van der Waals surface area contributed by atoms with Gasteiger partial charge in [-0.3, -0.25) is 0 Å². The van der Waals surface area contributed by atoms with Crippen molar-refractivity contribution in [2.75, 3.05) is 0 Å². The first kappa shape index (κ1) is 10.6. The molecule has 1 aromatic heterocycles. The second-order valence-electron chi connectivity index (χ2n) is 5.16. The third kappa shape index (κ3) is 1.48. The number of hydrogen-bond acceptors (Lipinski definition) is 0. The van der Waals surface area contributed by atoms with E-state index in [0.717, 1.165) is 6.42 Å². The fraction of sp³-hybridized carbons (Fsp3) is 0.111. The normalized spacial score (nSPS) is 13.1. The molecule has 0 atom stereocenters. The molecule has 0 N–H and O–H groups in total. The van der Waals surface area contributed by atoms with Gasteiger partial charge in [0.2, 0.25) is 0 Å². The highest BCUT2D eigenvalue weighted by Gasteiger charge is 2.18. The Morgan fingerprint density at radius 2 is 1.84 bits per heavy atom. The Morgan fingerprint density at radius 1 is 1.00 bits per heavy atom. The molecule has 1 aliphatic rings. The summed E-state index contributed by atoms with van der Waals surface area (Å²) >= 11 is 0. The van der Waals surface area contributed by atoms with E-state index < -0.39 is 0 Å². The summed E-state index contributed by atoms with van der Waals surface area (Å²) in [7, 11) is 0. The Labute approximate surface area is 112 Å². The first-order chi connectivity index (χ1) is 9.34. The topological polar surface area (TPSA) is 4.93 Å². The monoisotopic (exact) mass is 245 g/mol. The van der Waals surface area contributed by atoms with E-state index in [0.29, 0.717) is 0 Å². The van der Waals surface area contributed by atoms with Crippen LogP contribution in [-0.4, -0.2) is 4.57 Å². The molecule has 19 heavy (non-hydrogen) atoms. The van der Waals surface area contributed by atoms with Gasteiger partial charge in [-0.15, -0.1) is 0 Å². The molecule has 0 bridgehead atoms. The molecular formula is C18H15N. The maximum atomic E-state index is 2.39. The average molecular weight is 245 g/mol. The van der Waals surface area contributed by atoms with E-state index >= 15 is 0 Å². The summed E-state index contributed by atoms with van der Waals surface area (Å²) in [6.07, 6.45) is 5.54. The van der Waals surface area contributed by atoms with E-state index in [2.05, 4.69) is 72.2 Å². The Kier molecular flexibility index (Phi) is 2.16. The quantitative estimate of drug-likeness (QED) is 0.594. The van der Waals surface area contributed by atoms with Gasteiger partial charge in [-0.1, -0.05) is 42.0 Å². The van der Waals surface area contributed by atoms with Gasteiger partial charge in [0, 0.05) is 28.8 Å². The van der Waals surface area contributed by atoms with Gasteiger partial charge in [0.25, 0.3) is 0 Å². The Balaban J connectivity index is 2.12. The second kappa shape index (κ2) is 3.86. The molecule has 0 saturated carbocycles. The van der Waals surface area contributed by atoms with Crippen LogP contribution in [0, 0.1) is 6.92 Å². The van der Waals surface area contributed by atoms with Crippen LogP contribution in [0.5, 0.6) is 0 Å². The van der Waals surface area contributed by atoms with E-state index in [1.54, 1.807) is 0 Å². The van der Waals surface area contributed by atoms with Crippen LogP contribution in [0.3, 0.4) is 0 Å². The van der Waals surface area contributed by atoms with E-state index in [4.69, 9.17) is 0 Å². The number of fused-ring (bicyclic) bond motifs is 3. The number of allylic oxidation sites excluding steroid dienone is 1. The smallest absolute Gasteiger partial charge is 0.0538 e. The molecule has 0 fully saturated rings. The van der Waals surface area contributed by atoms with Crippen LogP contribution in [0.2, 0.25) is 0 Å². The van der Waals surface area contributed by atoms with Gasteiger partial charge in [0.1, 0.15) is 0 Å². The summed E-state index contributed by atoms with van der Waals surface area (Å²) < 4.78 is 2.39. The number of benzene rings is 2. The van der Waals surface area contributed by atoms with E-state index in [1.807, 2.05) is 0 Å². The van der Waals surface area contributed by atoms with Crippen molar-refractivity contribution in [2.45, 2.75) is 13.3 Å². The van der Waals surface area contributed by atoms with E-state index in [1.165, 1.54) is 33.4 Å². The zero-order valence-electron chi connectivity index (χ0n) is 10.9. The molecule has 3 aromatic rings. The van der Waals surface area contributed by atoms with Crippen LogP contribution in [0.4, 0.5) is 0 Å². The number of para-hydroxylation sites is 1. The lowest BCUT2D eigenvalue weighted by atomic mass is 10.1. The minimum Gasteiger partial charge on any atom is -0.313 e. The molecule has 1 nitrogen and oxygen atoms in total. The van der Waals surface area contributed by atoms with Crippen LogP contribution >= 0.6 is 0 Å². The summed E-state index contributed by atoms with van der Waals surface area (Å²) in [5, 5.41) is 1.37. The van der Waals surface area contributed by atoms with Crippen molar-refractivity contribution in [2.24, 2.45) is 0 Å². The maximum absolute atomic E-state index is 2.39. The minimum atomic E-state index is 1.03. The zero-order chi connectivity index (χ0) is 12.8. The fourth-order valence-corrected chi connectivity index (χ4v) is 3.03. The number of nitrogens with zero attached hydrogens (tertiary/aromatic N) is 1. The molecule has 0 radical (unpaired) electrons. The first-order valence-electron chi connectivity index (χ1n) is 6.70. The second-order valence-corrected chi connectivity index (χ2v) is 5.16. The number of aryl methyl sites for hydroxylation is 1. The summed E-state index contributed by atoms with van der Waals surface area (Å²) in [4.78, 5) is 0. The van der Waals surface area contributed by atoms with Gasteiger partial charge < -0.3 is 4.57 Å². The van der Waals surface area contributed by atoms with Gasteiger partial charge in [0.15, 0.2) is 0 Å². The largest absolute Gasteiger partial charge is 0.313 e. The summed E-state index contributed by atoms with van der Waals surface area (Å²) in [6, 6.07) is 17.4. The van der Waals surface area contributed by atoms with Crippen molar-refractivity contribution in [1.29, 1.82) is 0 Å². The molecule has 2 aromatic carbocycles. The van der Waals surface area contributed by atoms with Crippen LogP contribution in [0.15, 0.2) is 54.6 Å². The molecule has 1 heteroatoms. The van der Waals surface area contributed by atoms with Crippen molar-refractivity contribution in [3.8, 4) is 5.69 Å². The zero-order valence-corrected chi connectivity index (χ0v) is 10.9. The highest BCUT2D eigenvalue weighted by molar-refractivity contribution is 5.94. The van der Waals surface area contributed by atoms with Crippen LogP contribution in [0.25, 0.3) is 22.7 Å². The SMILES string of the molecule is Cc1ccc2c(c1)c1c(n2-c2ccccc2)CC=C1. The Morgan fingerprint density at radius 3 is 2.68 bits per heavy atom. The number of rotatable bonds is 1. The van der Waals surface area contributed by atoms with Crippen molar-refractivity contribution in [3.63, 3.8) is 0 Å². The van der Waals surface area contributed by atoms with Crippen LogP contribution < -0.4 is 0 Å². The predicted molar refractivity (Wildman–Crippen MR) is 80.8 cm³/mol. The summed E-state index contributed by atoms with van der Waals surface area (Å²) in [5.41, 5.74) is 6.68. The Bertz CT molecular complexity index is 791. The molecule has 0 saturated heterocycles. The van der Waals surface area contributed by atoms with E-state index in [9.17, 15) is 0 Å².